The van der Waals surface area contributed by atoms with E-state index in [9.17, 15) is 9.90 Å². The Morgan fingerprint density at radius 2 is 2.16 bits per heavy atom. The van der Waals surface area contributed by atoms with Crippen molar-refractivity contribution in [2.45, 2.75) is 38.8 Å². The third kappa shape index (κ3) is 2.08. The highest BCUT2D eigenvalue weighted by atomic mass is 16.3. The lowest BCUT2D eigenvalue weighted by Gasteiger charge is -2.20. The molecule has 3 rings (SSSR count). The van der Waals surface area contributed by atoms with Gasteiger partial charge in [0.05, 0.1) is 6.10 Å². The summed E-state index contributed by atoms with van der Waals surface area (Å²) in [6.45, 7) is 5.69. The number of hydrogen-bond acceptors (Lipinski definition) is 2. The van der Waals surface area contributed by atoms with Gasteiger partial charge in [-0.15, -0.1) is 0 Å². The van der Waals surface area contributed by atoms with Gasteiger partial charge in [0, 0.05) is 31.2 Å². The Morgan fingerprint density at radius 3 is 2.84 bits per heavy atom. The zero-order chi connectivity index (χ0) is 13.6. The van der Waals surface area contributed by atoms with Crippen molar-refractivity contribution >= 4 is 5.91 Å². The Labute approximate surface area is 114 Å². The van der Waals surface area contributed by atoms with Crippen LogP contribution in [0.2, 0.25) is 0 Å². The van der Waals surface area contributed by atoms with Crippen molar-refractivity contribution in [3.63, 3.8) is 0 Å². The van der Waals surface area contributed by atoms with E-state index in [0.29, 0.717) is 24.4 Å². The SMILES string of the molecule is CC(C)n1cccc1C(=O)N1CC2CCC(O)C2C1. The summed E-state index contributed by atoms with van der Waals surface area (Å²) in [5.74, 6) is 0.910. The highest BCUT2D eigenvalue weighted by Crippen LogP contribution is 2.38. The Balaban J connectivity index is 1.77. The number of nitrogens with zero attached hydrogens (tertiary/aromatic N) is 2. The first-order valence-corrected chi connectivity index (χ1v) is 7.22. The fourth-order valence-corrected chi connectivity index (χ4v) is 3.59. The molecule has 0 bridgehead atoms. The normalized spacial score (nSPS) is 30.1. The van der Waals surface area contributed by atoms with E-state index in [4.69, 9.17) is 0 Å². The molecule has 2 fully saturated rings. The molecule has 2 heterocycles. The second kappa shape index (κ2) is 4.67. The molecule has 1 aliphatic heterocycles. The number of carbonyl (C=O) groups is 1. The van der Waals surface area contributed by atoms with E-state index in [1.807, 2.05) is 27.8 Å². The minimum atomic E-state index is -0.209. The molecule has 104 valence electrons. The number of carbonyl (C=O) groups excluding carboxylic acids is 1. The quantitative estimate of drug-likeness (QED) is 0.885. The van der Waals surface area contributed by atoms with Crippen LogP contribution in [0.25, 0.3) is 0 Å². The van der Waals surface area contributed by atoms with Gasteiger partial charge in [0.1, 0.15) is 5.69 Å². The topological polar surface area (TPSA) is 45.5 Å². The first-order valence-electron chi connectivity index (χ1n) is 7.22. The molecular formula is C15H22N2O2. The molecular weight excluding hydrogens is 240 g/mol. The number of rotatable bonds is 2. The summed E-state index contributed by atoms with van der Waals surface area (Å²) < 4.78 is 2.02. The lowest BCUT2D eigenvalue weighted by Crippen LogP contribution is -2.32. The van der Waals surface area contributed by atoms with Gasteiger partial charge in [0.15, 0.2) is 0 Å². The number of aromatic nitrogens is 1. The molecule has 1 saturated heterocycles. The zero-order valence-corrected chi connectivity index (χ0v) is 11.6. The number of aliphatic hydroxyl groups is 1. The van der Waals surface area contributed by atoms with Crippen LogP contribution in [0.5, 0.6) is 0 Å². The van der Waals surface area contributed by atoms with E-state index in [2.05, 4.69) is 13.8 Å². The van der Waals surface area contributed by atoms with Gasteiger partial charge in [-0.05, 0) is 44.7 Å². The maximum atomic E-state index is 12.6. The summed E-state index contributed by atoms with van der Waals surface area (Å²) in [6.07, 6.45) is 3.71. The van der Waals surface area contributed by atoms with Gasteiger partial charge in [-0.2, -0.15) is 0 Å². The summed E-state index contributed by atoms with van der Waals surface area (Å²) in [5.41, 5.74) is 0.768. The Kier molecular flexibility index (Phi) is 3.13. The van der Waals surface area contributed by atoms with Crippen LogP contribution in [0.4, 0.5) is 0 Å². The van der Waals surface area contributed by atoms with Gasteiger partial charge in [-0.3, -0.25) is 4.79 Å². The summed E-state index contributed by atoms with van der Waals surface area (Å²) >= 11 is 0. The Hall–Kier alpha value is -1.29. The molecule has 3 atom stereocenters. The minimum Gasteiger partial charge on any atom is -0.393 e. The number of aliphatic hydroxyl groups excluding tert-OH is 1. The Morgan fingerprint density at radius 1 is 1.37 bits per heavy atom. The van der Waals surface area contributed by atoms with Gasteiger partial charge < -0.3 is 14.6 Å². The van der Waals surface area contributed by atoms with E-state index in [1.54, 1.807) is 0 Å². The molecule has 4 heteroatoms. The number of amides is 1. The van der Waals surface area contributed by atoms with Crippen molar-refractivity contribution < 1.29 is 9.90 Å². The molecule has 3 unspecified atom stereocenters. The first kappa shape index (κ1) is 12.7. The molecule has 1 saturated carbocycles. The lowest BCUT2D eigenvalue weighted by atomic mass is 10.00. The van der Waals surface area contributed by atoms with Gasteiger partial charge in [0.2, 0.25) is 0 Å². The summed E-state index contributed by atoms with van der Waals surface area (Å²) in [4.78, 5) is 14.5. The molecule has 4 nitrogen and oxygen atoms in total. The third-order valence-corrected chi connectivity index (χ3v) is 4.66. The van der Waals surface area contributed by atoms with Crippen LogP contribution >= 0.6 is 0 Å². The summed E-state index contributed by atoms with van der Waals surface area (Å²) in [5, 5.41) is 9.93. The van der Waals surface area contributed by atoms with E-state index in [-0.39, 0.29) is 12.0 Å². The second-order valence-corrected chi connectivity index (χ2v) is 6.17. The number of hydrogen-bond donors (Lipinski definition) is 1. The van der Waals surface area contributed by atoms with Crippen molar-refractivity contribution in [3.05, 3.63) is 24.0 Å². The molecule has 0 radical (unpaired) electrons. The molecule has 19 heavy (non-hydrogen) atoms. The van der Waals surface area contributed by atoms with Crippen molar-refractivity contribution in [3.8, 4) is 0 Å². The highest BCUT2D eigenvalue weighted by molar-refractivity contribution is 5.93. The third-order valence-electron chi connectivity index (χ3n) is 4.66. The molecule has 0 aromatic carbocycles. The average molecular weight is 262 g/mol. The number of likely N-dealkylation sites (tertiary alicyclic amines) is 1. The standard InChI is InChI=1S/C15H22N2O2/c1-10(2)17-7-3-4-13(17)15(19)16-8-11-5-6-14(18)12(11)9-16/h3-4,7,10-12,14,18H,5-6,8-9H2,1-2H3. The molecule has 1 aliphatic carbocycles. The van der Waals surface area contributed by atoms with Gasteiger partial charge >= 0.3 is 0 Å². The molecule has 1 N–H and O–H groups in total. The highest BCUT2D eigenvalue weighted by Gasteiger charge is 2.43. The smallest absolute Gasteiger partial charge is 0.270 e. The van der Waals surface area contributed by atoms with Gasteiger partial charge in [-0.25, -0.2) is 0 Å². The van der Waals surface area contributed by atoms with Crippen molar-refractivity contribution in [1.29, 1.82) is 0 Å². The van der Waals surface area contributed by atoms with Gasteiger partial charge in [-0.1, -0.05) is 0 Å². The monoisotopic (exact) mass is 262 g/mol. The first-order chi connectivity index (χ1) is 9.08. The van der Waals surface area contributed by atoms with Crippen LogP contribution in [0.1, 0.15) is 43.2 Å². The van der Waals surface area contributed by atoms with Crippen molar-refractivity contribution in [2.75, 3.05) is 13.1 Å². The van der Waals surface area contributed by atoms with E-state index in [0.717, 1.165) is 25.1 Å². The second-order valence-electron chi connectivity index (χ2n) is 6.17. The predicted molar refractivity (Wildman–Crippen MR) is 72.9 cm³/mol. The molecule has 2 aliphatic rings. The zero-order valence-electron chi connectivity index (χ0n) is 11.6. The minimum absolute atomic E-state index is 0.111. The van der Waals surface area contributed by atoms with Crippen molar-refractivity contribution in [1.82, 2.24) is 9.47 Å². The van der Waals surface area contributed by atoms with Crippen LogP contribution in [0, 0.1) is 11.8 Å². The fourth-order valence-electron chi connectivity index (χ4n) is 3.59. The van der Waals surface area contributed by atoms with Gasteiger partial charge in [0.25, 0.3) is 5.91 Å². The average Bonchev–Trinajstić information content (AvgIpc) is 3.05. The summed E-state index contributed by atoms with van der Waals surface area (Å²) in [7, 11) is 0. The van der Waals surface area contributed by atoms with E-state index < -0.39 is 0 Å². The molecule has 1 amide bonds. The molecule has 1 aromatic heterocycles. The maximum absolute atomic E-state index is 12.6. The van der Waals surface area contributed by atoms with Crippen LogP contribution in [0.15, 0.2) is 18.3 Å². The van der Waals surface area contributed by atoms with Crippen LogP contribution in [0.3, 0.4) is 0 Å². The fraction of sp³-hybridized carbons (Fsp3) is 0.667. The van der Waals surface area contributed by atoms with Crippen molar-refractivity contribution in [2.24, 2.45) is 11.8 Å². The molecule has 1 aromatic rings. The van der Waals surface area contributed by atoms with Crippen LogP contribution in [-0.4, -0.2) is 39.7 Å². The molecule has 0 spiro atoms. The predicted octanol–water partition coefficient (Wildman–Crippen LogP) is 1.91. The number of fused-ring (bicyclic) bond motifs is 1. The lowest BCUT2D eigenvalue weighted by molar-refractivity contribution is 0.0740. The van der Waals surface area contributed by atoms with Crippen LogP contribution < -0.4 is 0 Å². The maximum Gasteiger partial charge on any atom is 0.270 e. The van der Waals surface area contributed by atoms with E-state index >= 15 is 0 Å². The Bertz CT molecular complexity index is 480. The largest absolute Gasteiger partial charge is 0.393 e. The summed E-state index contributed by atoms with van der Waals surface area (Å²) in [6, 6.07) is 4.12. The van der Waals surface area contributed by atoms with E-state index in [1.165, 1.54) is 0 Å². The van der Waals surface area contributed by atoms with Crippen LogP contribution in [-0.2, 0) is 0 Å².